The minimum atomic E-state index is -0.345. The molecule has 0 saturated carbocycles. The zero-order valence-corrected chi connectivity index (χ0v) is 14.1. The predicted octanol–water partition coefficient (Wildman–Crippen LogP) is 4.45. The van der Waals surface area contributed by atoms with Gasteiger partial charge in [-0.1, -0.05) is 60.7 Å². The van der Waals surface area contributed by atoms with Crippen LogP contribution in [-0.2, 0) is 10.3 Å². The molecule has 0 bridgehead atoms. The van der Waals surface area contributed by atoms with E-state index in [0.29, 0.717) is 0 Å². The van der Waals surface area contributed by atoms with E-state index in [2.05, 4.69) is 65.6 Å². The first-order chi connectivity index (χ1) is 11.3. The molecule has 2 aromatic carbocycles. The largest absolute Gasteiger partial charge is 0.369 e. The second kappa shape index (κ2) is 7.76. The maximum Gasteiger partial charge on any atom is 0.118 e. The van der Waals surface area contributed by atoms with Gasteiger partial charge in [0.2, 0.25) is 0 Å². The molecule has 0 amide bonds. The molecule has 0 unspecified atom stereocenters. The number of hydrogen-bond donors (Lipinski definition) is 0. The number of nitrogens with zero attached hydrogens (tertiary/aromatic N) is 1. The Balaban J connectivity index is 1.83. The number of ether oxygens (including phenoxy) is 1. The second-order valence-corrected chi connectivity index (χ2v) is 6.42. The fourth-order valence-corrected chi connectivity index (χ4v) is 3.77. The van der Waals surface area contributed by atoms with Gasteiger partial charge in [0.05, 0.1) is 0 Å². The Kier molecular flexibility index (Phi) is 5.47. The Morgan fingerprint density at radius 3 is 1.87 bits per heavy atom. The van der Waals surface area contributed by atoms with Crippen LogP contribution in [0.1, 0.15) is 36.8 Å². The average molecular weight is 309 g/mol. The molecule has 0 radical (unpaired) electrons. The number of likely N-dealkylation sites (tertiary alicyclic amines) is 1. The van der Waals surface area contributed by atoms with Crippen molar-refractivity contribution in [3.63, 3.8) is 0 Å². The summed E-state index contributed by atoms with van der Waals surface area (Å²) in [7, 11) is 1.84. The highest BCUT2D eigenvalue weighted by Crippen LogP contribution is 2.37. The lowest BCUT2D eigenvalue weighted by molar-refractivity contribution is 0.0111. The van der Waals surface area contributed by atoms with Crippen molar-refractivity contribution in [2.45, 2.75) is 31.3 Å². The minimum Gasteiger partial charge on any atom is -0.369 e. The highest BCUT2D eigenvalue weighted by Gasteiger charge is 2.33. The van der Waals surface area contributed by atoms with Crippen molar-refractivity contribution >= 4 is 0 Å². The Labute approximate surface area is 140 Å². The average Bonchev–Trinajstić information content (AvgIpc) is 3.14. The zero-order valence-electron chi connectivity index (χ0n) is 14.1. The third-order valence-corrected chi connectivity index (χ3v) is 5.03. The van der Waals surface area contributed by atoms with E-state index in [4.69, 9.17) is 4.74 Å². The van der Waals surface area contributed by atoms with Crippen LogP contribution in [0.2, 0.25) is 0 Å². The van der Waals surface area contributed by atoms with Gasteiger partial charge in [0.1, 0.15) is 5.60 Å². The lowest BCUT2D eigenvalue weighted by atomic mass is 9.82. The van der Waals surface area contributed by atoms with Crippen LogP contribution >= 0.6 is 0 Å². The van der Waals surface area contributed by atoms with E-state index in [1.165, 1.54) is 43.6 Å². The van der Waals surface area contributed by atoms with Crippen LogP contribution in [0.3, 0.4) is 0 Å². The minimum absolute atomic E-state index is 0.345. The first kappa shape index (κ1) is 16.2. The number of methoxy groups -OCH3 is 1. The normalized spacial score (nSPS) is 15.9. The Morgan fingerprint density at radius 2 is 1.39 bits per heavy atom. The smallest absolute Gasteiger partial charge is 0.118 e. The van der Waals surface area contributed by atoms with E-state index >= 15 is 0 Å². The lowest BCUT2D eigenvalue weighted by Gasteiger charge is -2.34. The van der Waals surface area contributed by atoms with E-state index in [0.717, 1.165) is 12.8 Å². The molecule has 2 heteroatoms. The fraction of sp³-hybridized carbons (Fsp3) is 0.429. The molecule has 1 heterocycles. The highest BCUT2D eigenvalue weighted by atomic mass is 16.5. The van der Waals surface area contributed by atoms with Crippen molar-refractivity contribution in [1.29, 1.82) is 0 Å². The van der Waals surface area contributed by atoms with Crippen LogP contribution in [0.5, 0.6) is 0 Å². The summed E-state index contributed by atoms with van der Waals surface area (Å²) in [5.74, 6) is 0. The molecule has 1 aliphatic heterocycles. The van der Waals surface area contributed by atoms with Crippen molar-refractivity contribution in [3.05, 3.63) is 71.8 Å². The molecule has 23 heavy (non-hydrogen) atoms. The standard InChI is InChI=1S/C21H27NO/c1-23-21(19-11-4-2-5-12-19,20-13-6-3-7-14-20)15-10-18-22-16-8-9-17-22/h2-7,11-14H,8-10,15-18H2,1H3. The SMILES string of the molecule is COC(CCCN1CCCC1)(c1ccccc1)c1ccccc1. The van der Waals surface area contributed by atoms with Crippen LogP contribution in [-0.4, -0.2) is 31.6 Å². The molecule has 0 aliphatic carbocycles. The molecule has 0 spiro atoms. The van der Waals surface area contributed by atoms with Crippen molar-refractivity contribution < 1.29 is 4.74 Å². The Hall–Kier alpha value is -1.64. The van der Waals surface area contributed by atoms with Gasteiger partial charge in [-0.3, -0.25) is 0 Å². The molecule has 0 atom stereocenters. The molecule has 3 rings (SSSR count). The summed E-state index contributed by atoms with van der Waals surface area (Å²) in [4.78, 5) is 2.58. The van der Waals surface area contributed by atoms with Gasteiger partial charge in [-0.15, -0.1) is 0 Å². The van der Waals surface area contributed by atoms with Gasteiger partial charge in [-0.05, 0) is 56.4 Å². The topological polar surface area (TPSA) is 12.5 Å². The van der Waals surface area contributed by atoms with Crippen LogP contribution in [0.4, 0.5) is 0 Å². The molecule has 0 N–H and O–H groups in total. The predicted molar refractivity (Wildman–Crippen MR) is 95.6 cm³/mol. The summed E-state index contributed by atoms with van der Waals surface area (Å²) in [5, 5.41) is 0. The summed E-state index contributed by atoms with van der Waals surface area (Å²) in [6.07, 6.45) is 4.87. The van der Waals surface area contributed by atoms with Gasteiger partial charge in [0.25, 0.3) is 0 Å². The molecular weight excluding hydrogens is 282 g/mol. The van der Waals surface area contributed by atoms with Gasteiger partial charge in [0.15, 0.2) is 0 Å². The van der Waals surface area contributed by atoms with E-state index in [1.54, 1.807) is 0 Å². The molecule has 2 nitrogen and oxygen atoms in total. The van der Waals surface area contributed by atoms with Crippen molar-refractivity contribution in [2.24, 2.45) is 0 Å². The number of hydrogen-bond acceptors (Lipinski definition) is 2. The van der Waals surface area contributed by atoms with E-state index in [-0.39, 0.29) is 5.60 Å². The number of rotatable bonds is 7. The Bertz CT molecular complexity index is 536. The summed E-state index contributed by atoms with van der Waals surface area (Å²) in [5.41, 5.74) is 2.15. The van der Waals surface area contributed by atoms with E-state index < -0.39 is 0 Å². The van der Waals surface area contributed by atoms with Gasteiger partial charge in [-0.2, -0.15) is 0 Å². The maximum absolute atomic E-state index is 6.16. The number of benzene rings is 2. The first-order valence-electron chi connectivity index (χ1n) is 8.74. The van der Waals surface area contributed by atoms with Crippen LogP contribution in [0.25, 0.3) is 0 Å². The molecule has 122 valence electrons. The summed E-state index contributed by atoms with van der Waals surface area (Å²) < 4.78 is 6.16. The second-order valence-electron chi connectivity index (χ2n) is 6.42. The van der Waals surface area contributed by atoms with Crippen molar-refractivity contribution in [1.82, 2.24) is 4.90 Å². The van der Waals surface area contributed by atoms with Crippen molar-refractivity contribution in [2.75, 3.05) is 26.7 Å². The van der Waals surface area contributed by atoms with Gasteiger partial charge >= 0.3 is 0 Å². The maximum atomic E-state index is 6.16. The van der Waals surface area contributed by atoms with E-state index in [1.807, 2.05) is 7.11 Å². The summed E-state index contributed by atoms with van der Waals surface area (Å²) in [6.45, 7) is 3.69. The molecule has 2 aromatic rings. The molecule has 1 aliphatic rings. The van der Waals surface area contributed by atoms with E-state index in [9.17, 15) is 0 Å². The monoisotopic (exact) mass is 309 g/mol. The third kappa shape index (κ3) is 3.65. The zero-order chi connectivity index (χ0) is 16.0. The fourth-order valence-electron chi connectivity index (χ4n) is 3.77. The van der Waals surface area contributed by atoms with Crippen molar-refractivity contribution in [3.8, 4) is 0 Å². The van der Waals surface area contributed by atoms with Gasteiger partial charge < -0.3 is 9.64 Å². The third-order valence-electron chi connectivity index (χ3n) is 5.03. The van der Waals surface area contributed by atoms with Crippen LogP contribution < -0.4 is 0 Å². The molecule has 1 saturated heterocycles. The quantitative estimate of drug-likeness (QED) is 0.749. The first-order valence-corrected chi connectivity index (χ1v) is 8.74. The van der Waals surface area contributed by atoms with Gasteiger partial charge in [0, 0.05) is 7.11 Å². The van der Waals surface area contributed by atoms with Crippen LogP contribution in [0.15, 0.2) is 60.7 Å². The molecular formula is C21H27NO. The lowest BCUT2D eigenvalue weighted by Crippen LogP contribution is -2.32. The highest BCUT2D eigenvalue weighted by molar-refractivity contribution is 5.36. The summed E-state index contributed by atoms with van der Waals surface area (Å²) >= 11 is 0. The summed E-state index contributed by atoms with van der Waals surface area (Å²) in [6, 6.07) is 21.3. The molecule has 0 aromatic heterocycles. The van der Waals surface area contributed by atoms with Crippen LogP contribution in [0, 0.1) is 0 Å². The molecule has 1 fully saturated rings. The van der Waals surface area contributed by atoms with Gasteiger partial charge in [-0.25, -0.2) is 0 Å². The Morgan fingerprint density at radius 1 is 0.870 bits per heavy atom.